The molecule has 15 heavy (non-hydrogen) atoms. The van der Waals surface area contributed by atoms with Crippen LogP contribution >= 0.6 is 0 Å². The molecule has 0 saturated heterocycles. The van der Waals surface area contributed by atoms with E-state index in [-0.39, 0.29) is 10.3 Å². The monoisotopic (exact) mass is 226 g/mol. The molecule has 1 aromatic carbocycles. The van der Waals surface area contributed by atoms with Gasteiger partial charge >= 0.3 is 5.97 Å². The highest BCUT2D eigenvalue weighted by atomic mass is 32.2. The van der Waals surface area contributed by atoms with E-state index < -0.39 is 17.1 Å². The van der Waals surface area contributed by atoms with Gasteiger partial charge in [0.25, 0.3) is 0 Å². The molecular weight excluding hydrogens is 212 g/mol. The molecule has 0 heterocycles. The molecular formula is C11H14O3S. The van der Waals surface area contributed by atoms with Crippen molar-refractivity contribution in [3.63, 3.8) is 0 Å². The van der Waals surface area contributed by atoms with Crippen LogP contribution in [0.4, 0.5) is 0 Å². The van der Waals surface area contributed by atoms with E-state index in [9.17, 15) is 9.35 Å². The summed E-state index contributed by atoms with van der Waals surface area (Å²) in [6.45, 7) is 5.65. The number of hydrogen-bond acceptors (Lipinski definition) is 2. The van der Waals surface area contributed by atoms with Gasteiger partial charge in [-0.1, -0.05) is 0 Å². The molecule has 0 saturated carbocycles. The fraction of sp³-hybridized carbons (Fsp3) is 0.364. The third kappa shape index (κ3) is 2.97. The Labute approximate surface area is 92.3 Å². The van der Waals surface area contributed by atoms with Gasteiger partial charge in [-0.25, -0.2) is 4.79 Å². The smallest absolute Gasteiger partial charge is 0.335 e. The van der Waals surface area contributed by atoms with Crippen LogP contribution in [0, 0.1) is 0 Å². The minimum atomic E-state index is -1.12. The summed E-state index contributed by atoms with van der Waals surface area (Å²) < 4.78 is 11.6. The van der Waals surface area contributed by atoms with E-state index in [4.69, 9.17) is 5.11 Å². The second kappa shape index (κ2) is 4.24. The van der Waals surface area contributed by atoms with Crippen LogP contribution in [0.2, 0.25) is 0 Å². The van der Waals surface area contributed by atoms with Gasteiger partial charge in [0.2, 0.25) is 0 Å². The van der Waals surface area contributed by atoms with Gasteiger partial charge in [0.15, 0.2) is 4.90 Å². The Morgan fingerprint density at radius 1 is 1.27 bits per heavy atom. The molecule has 0 amide bonds. The first-order valence-electron chi connectivity index (χ1n) is 4.57. The van der Waals surface area contributed by atoms with Gasteiger partial charge in [0.05, 0.1) is 5.56 Å². The third-order valence-electron chi connectivity index (χ3n) is 1.87. The molecule has 1 atom stereocenters. The zero-order valence-corrected chi connectivity index (χ0v) is 9.80. The molecule has 1 aromatic rings. The van der Waals surface area contributed by atoms with E-state index in [0.29, 0.717) is 4.90 Å². The molecule has 1 N–H and O–H groups in total. The van der Waals surface area contributed by atoms with Crippen LogP contribution < -0.4 is 0 Å². The maximum Gasteiger partial charge on any atom is 0.335 e. The first-order valence-corrected chi connectivity index (χ1v) is 5.72. The molecule has 1 rings (SSSR count). The number of carboxylic acids is 1. The van der Waals surface area contributed by atoms with Gasteiger partial charge < -0.3 is 9.66 Å². The minimum absolute atomic E-state index is 0.213. The number of hydrogen-bond donors (Lipinski definition) is 1. The van der Waals surface area contributed by atoms with E-state index in [1.54, 1.807) is 12.1 Å². The van der Waals surface area contributed by atoms with Gasteiger partial charge in [-0.05, 0) is 56.2 Å². The maximum absolute atomic E-state index is 11.9. The van der Waals surface area contributed by atoms with Crippen LogP contribution in [0.5, 0.6) is 0 Å². The topological polar surface area (TPSA) is 60.4 Å². The first kappa shape index (κ1) is 12.1. The van der Waals surface area contributed by atoms with E-state index in [0.717, 1.165) is 0 Å². The van der Waals surface area contributed by atoms with Crippen molar-refractivity contribution in [1.82, 2.24) is 0 Å². The van der Waals surface area contributed by atoms with Crippen LogP contribution in [-0.2, 0) is 11.2 Å². The lowest BCUT2D eigenvalue weighted by Crippen LogP contribution is -2.27. The standard InChI is InChI=1S/C11H14O3S/c1-11(2,3)15(14)9-6-4-8(5-7-9)10(12)13/h4-7H,1-3H3,(H,12,13)/t15-/m0/s1. The van der Waals surface area contributed by atoms with Crippen LogP contribution in [0.15, 0.2) is 29.2 Å². The second-order valence-electron chi connectivity index (χ2n) is 4.21. The molecule has 0 spiro atoms. The Balaban J connectivity index is 2.94. The predicted molar refractivity (Wildman–Crippen MR) is 59.6 cm³/mol. The summed E-state index contributed by atoms with van der Waals surface area (Å²) in [5.74, 6) is -0.969. The van der Waals surface area contributed by atoms with Gasteiger partial charge in [-0.3, -0.25) is 0 Å². The molecule has 0 aliphatic rings. The Morgan fingerprint density at radius 3 is 2.07 bits per heavy atom. The Kier molecular flexibility index (Phi) is 3.42. The van der Waals surface area contributed by atoms with Crippen molar-refractivity contribution in [2.75, 3.05) is 0 Å². The molecule has 3 nitrogen and oxygen atoms in total. The second-order valence-corrected chi connectivity index (χ2v) is 6.44. The normalized spacial score (nSPS) is 13.6. The van der Waals surface area contributed by atoms with Gasteiger partial charge in [0.1, 0.15) is 4.75 Å². The summed E-state index contributed by atoms with van der Waals surface area (Å²) in [6.07, 6.45) is 0. The number of rotatable bonds is 2. The largest absolute Gasteiger partial charge is 0.611 e. The average molecular weight is 226 g/mol. The molecule has 4 heteroatoms. The summed E-state index contributed by atoms with van der Waals surface area (Å²) in [4.78, 5) is 11.3. The van der Waals surface area contributed by atoms with E-state index in [2.05, 4.69) is 0 Å². The lowest BCUT2D eigenvalue weighted by Gasteiger charge is -2.23. The Morgan fingerprint density at radius 2 is 1.73 bits per heavy atom. The predicted octanol–water partition coefficient (Wildman–Crippen LogP) is 2.29. The summed E-state index contributed by atoms with van der Waals surface area (Å²) >= 11 is -1.12. The fourth-order valence-corrected chi connectivity index (χ4v) is 2.17. The van der Waals surface area contributed by atoms with Crippen LogP contribution in [-0.4, -0.2) is 20.4 Å². The van der Waals surface area contributed by atoms with Crippen molar-refractivity contribution in [1.29, 1.82) is 0 Å². The highest BCUT2D eigenvalue weighted by molar-refractivity contribution is 7.92. The summed E-state index contributed by atoms with van der Waals surface area (Å²) in [5.41, 5.74) is 0.213. The highest BCUT2D eigenvalue weighted by Gasteiger charge is 2.27. The molecule has 0 unspecified atom stereocenters. The molecule has 0 radical (unpaired) electrons. The quantitative estimate of drug-likeness (QED) is 0.787. The van der Waals surface area contributed by atoms with Crippen molar-refractivity contribution in [2.24, 2.45) is 0 Å². The maximum atomic E-state index is 11.9. The van der Waals surface area contributed by atoms with Crippen molar-refractivity contribution in [2.45, 2.75) is 30.4 Å². The molecule has 0 aliphatic carbocycles. The number of carboxylic acid groups (broad SMARTS) is 1. The van der Waals surface area contributed by atoms with Gasteiger partial charge in [0, 0.05) is 0 Å². The SMILES string of the molecule is CC(C)(C)[S@@+]([O-])c1ccc(C(=O)O)cc1. The average Bonchev–Trinajstić information content (AvgIpc) is 2.15. The molecule has 0 bridgehead atoms. The van der Waals surface area contributed by atoms with E-state index in [1.165, 1.54) is 12.1 Å². The Hall–Kier alpha value is -1.00. The van der Waals surface area contributed by atoms with Crippen LogP contribution in [0.1, 0.15) is 31.1 Å². The van der Waals surface area contributed by atoms with Crippen molar-refractivity contribution in [3.8, 4) is 0 Å². The zero-order chi connectivity index (χ0) is 11.6. The fourth-order valence-electron chi connectivity index (χ4n) is 1.07. The van der Waals surface area contributed by atoms with E-state index >= 15 is 0 Å². The molecule has 0 aliphatic heterocycles. The third-order valence-corrected chi connectivity index (χ3v) is 3.68. The Bertz CT molecular complexity index is 351. The lowest BCUT2D eigenvalue weighted by molar-refractivity contribution is 0.0697. The summed E-state index contributed by atoms with van der Waals surface area (Å²) in [7, 11) is 0. The molecule has 0 aromatic heterocycles. The van der Waals surface area contributed by atoms with Gasteiger partial charge in [-0.2, -0.15) is 0 Å². The minimum Gasteiger partial charge on any atom is -0.611 e. The summed E-state index contributed by atoms with van der Waals surface area (Å²) in [6, 6.07) is 6.15. The van der Waals surface area contributed by atoms with Gasteiger partial charge in [-0.15, -0.1) is 0 Å². The lowest BCUT2D eigenvalue weighted by atomic mass is 10.2. The van der Waals surface area contributed by atoms with Crippen molar-refractivity contribution < 1.29 is 14.5 Å². The van der Waals surface area contributed by atoms with Crippen LogP contribution in [0.3, 0.4) is 0 Å². The van der Waals surface area contributed by atoms with Crippen LogP contribution in [0.25, 0.3) is 0 Å². The summed E-state index contributed by atoms with van der Waals surface area (Å²) in [5, 5.41) is 8.70. The molecule has 0 fully saturated rings. The van der Waals surface area contributed by atoms with E-state index in [1.807, 2.05) is 20.8 Å². The number of carbonyl (C=O) groups is 1. The number of aromatic carboxylic acids is 1. The first-order chi connectivity index (χ1) is 6.82. The molecule has 82 valence electrons. The zero-order valence-electron chi connectivity index (χ0n) is 8.98. The van der Waals surface area contributed by atoms with Crippen molar-refractivity contribution >= 4 is 17.1 Å². The number of benzene rings is 1. The highest BCUT2D eigenvalue weighted by Crippen LogP contribution is 2.24. The van der Waals surface area contributed by atoms with Crippen molar-refractivity contribution in [3.05, 3.63) is 29.8 Å².